The van der Waals surface area contributed by atoms with Gasteiger partial charge < -0.3 is 0 Å². The quantitative estimate of drug-likeness (QED) is 0.0957. The molecule has 31 heavy (non-hydrogen) atoms. The van der Waals surface area contributed by atoms with Crippen LogP contribution < -0.4 is 0 Å². The first-order chi connectivity index (χ1) is 14.1. The van der Waals surface area contributed by atoms with Gasteiger partial charge >= 0.3 is 21.1 Å². The molecule has 0 fully saturated rings. The Morgan fingerprint density at radius 3 is 0.774 bits per heavy atom. The summed E-state index contributed by atoms with van der Waals surface area (Å²) in [6.45, 7) is 0. The molecule has 2 aromatic rings. The molecule has 0 saturated heterocycles. The molecule has 0 radical (unpaired) electrons. The largest absolute Gasteiger partial charge is 2.00 e. The molecule has 0 atom stereocenters. The summed E-state index contributed by atoms with van der Waals surface area (Å²) in [7, 11) is 0. The van der Waals surface area contributed by atoms with E-state index >= 15 is 0 Å². The normalized spacial score (nSPS) is 12.5. The van der Waals surface area contributed by atoms with Gasteiger partial charge in [-0.2, -0.15) is 0 Å². The third-order valence-corrected chi connectivity index (χ3v) is 3.31. The number of allylic oxidation sites excluding steroid dienone is 4. The molecular formula is C20H12F10Pt. The average molecular weight is 637 g/mol. The molecule has 0 saturated carbocycles. The van der Waals surface area contributed by atoms with Crippen molar-refractivity contribution in [2.75, 3.05) is 0 Å². The zero-order valence-corrected chi connectivity index (χ0v) is 17.5. The van der Waals surface area contributed by atoms with E-state index in [-0.39, 0.29) is 21.1 Å². The minimum absolute atomic E-state index is 0. The van der Waals surface area contributed by atoms with Gasteiger partial charge in [0.2, 0.25) is 0 Å². The number of rotatable bonds is 0. The van der Waals surface area contributed by atoms with E-state index in [2.05, 4.69) is 24.3 Å². The Kier molecular flexibility index (Phi) is 13.1. The molecule has 0 spiro atoms. The van der Waals surface area contributed by atoms with Crippen LogP contribution in [0.3, 0.4) is 0 Å². The smallest absolute Gasteiger partial charge is 0.278 e. The number of halogens is 10. The molecule has 0 heterocycles. The van der Waals surface area contributed by atoms with E-state index in [4.69, 9.17) is 0 Å². The van der Waals surface area contributed by atoms with E-state index in [0.29, 0.717) is 0 Å². The van der Waals surface area contributed by atoms with Gasteiger partial charge in [0.1, 0.15) is 0 Å². The van der Waals surface area contributed by atoms with Gasteiger partial charge in [0.15, 0.2) is 0 Å². The minimum atomic E-state index is -2.17. The minimum Gasteiger partial charge on any atom is -0.278 e. The predicted octanol–water partition coefficient (Wildman–Crippen LogP) is 7.03. The van der Waals surface area contributed by atoms with Crippen LogP contribution in [0, 0.1) is 70.3 Å². The Bertz CT molecular complexity index is 785. The molecule has 172 valence electrons. The summed E-state index contributed by atoms with van der Waals surface area (Å²) >= 11 is 0. The standard InChI is InChI=1S/C8H12.2C6F5.Pt/c1-2-4-6-8-7-5-3-1;2*7-2-1-3(8)5(10)6(11)4(2)9;/h1-2,7-8H,3-6H2;;;/q;2*-1;+2. The fourth-order valence-electron chi connectivity index (χ4n) is 1.85. The van der Waals surface area contributed by atoms with Crippen molar-refractivity contribution in [3.63, 3.8) is 0 Å². The van der Waals surface area contributed by atoms with E-state index in [0.717, 1.165) is 12.1 Å². The molecular weight excluding hydrogens is 625 g/mol. The molecule has 0 nitrogen and oxygen atoms in total. The second-order valence-electron chi connectivity index (χ2n) is 5.49. The summed E-state index contributed by atoms with van der Waals surface area (Å²) in [4.78, 5) is 0. The summed E-state index contributed by atoms with van der Waals surface area (Å²) in [5, 5.41) is 0. The zero-order chi connectivity index (χ0) is 22.8. The van der Waals surface area contributed by atoms with E-state index in [1.54, 1.807) is 0 Å². The molecule has 0 unspecified atom stereocenters. The zero-order valence-electron chi connectivity index (χ0n) is 15.2. The van der Waals surface area contributed by atoms with Crippen molar-refractivity contribution in [2.45, 2.75) is 25.7 Å². The molecule has 0 bridgehead atoms. The van der Waals surface area contributed by atoms with Gasteiger partial charge in [0.05, 0.1) is 58.2 Å². The van der Waals surface area contributed by atoms with Crippen LogP contribution in [0.15, 0.2) is 24.3 Å². The second-order valence-corrected chi connectivity index (χ2v) is 5.49. The fraction of sp³-hybridized carbons (Fsp3) is 0.200. The molecule has 0 amide bonds. The predicted molar refractivity (Wildman–Crippen MR) is 86.9 cm³/mol. The van der Waals surface area contributed by atoms with E-state index in [1.807, 2.05) is 0 Å². The topological polar surface area (TPSA) is 0 Å². The fourth-order valence-corrected chi connectivity index (χ4v) is 1.85. The monoisotopic (exact) mass is 637 g/mol. The van der Waals surface area contributed by atoms with E-state index in [1.165, 1.54) is 25.7 Å². The van der Waals surface area contributed by atoms with Crippen molar-refractivity contribution < 1.29 is 65.0 Å². The molecule has 1 aliphatic rings. The van der Waals surface area contributed by atoms with Gasteiger partial charge in [0.25, 0.3) is 0 Å². The summed E-state index contributed by atoms with van der Waals surface area (Å²) < 4.78 is 120. The van der Waals surface area contributed by atoms with E-state index < -0.39 is 58.2 Å². The van der Waals surface area contributed by atoms with Crippen molar-refractivity contribution in [3.8, 4) is 0 Å². The van der Waals surface area contributed by atoms with Crippen molar-refractivity contribution in [2.24, 2.45) is 0 Å². The third kappa shape index (κ3) is 8.89. The molecule has 0 aromatic heterocycles. The molecule has 2 aromatic carbocycles. The third-order valence-electron chi connectivity index (χ3n) is 3.31. The van der Waals surface area contributed by atoms with Crippen molar-refractivity contribution >= 4 is 0 Å². The molecule has 0 aliphatic heterocycles. The van der Waals surface area contributed by atoms with Crippen molar-refractivity contribution in [3.05, 3.63) is 94.6 Å². The first kappa shape index (κ1) is 28.9. The second kappa shape index (κ2) is 14.1. The maximum Gasteiger partial charge on any atom is 2.00 e. The van der Waals surface area contributed by atoms with Crippen molar-refractivity contribution in [1.82, 2.24) is 0 Å². The van der Waals surface area contributed by atoms with Crippen molar-refractivity contribution in [1.29, 1.82) is 0 Å². The molecule has 0 N–H and O–H groups in total. The Morgan fingerprint density at radius 2 is 0.581 bits per heavy atom. The molecule has 11 heteroatoms. The van der Waals surface area contributed by atoms with Crippen LogP contribution in [-0.4, -0.2) is 0 Å². The van der Waals surface area contributed by atoms with Gasteiger partial charge in [-0.05, 0) is 25.7 Å². The van der Waals surface area contributed by atoms with Crippen LogP contribution in [0.2, 0.25) is 0 Å². The van der Waals surface area contributed by atoms with Gasteiger partial charge in [-0.3, -0.25) is 17.6 Å². The van der Waals surface area contributed by atoms with Crippen LogP contribution in [0.4, 0.5) is 43.9 Å². The van der Waals surface area contributed by atoms with Crippen LogP contribution in [0.25, 0.3) is 0 Å². The van der Waals surface area contributed by atoms with Crippen LogP contribution in [0.1, 0.15) is 25.7 Å². The SMILES string of the molecule is C1=CCCC=CCC1.Fc1[c-]c(F)c(F)c(F)c1F.Fc1[c-]c(F)c(F)c(F)c1F.[Pt+2]. The van der Waals surface area contributed by atoms with Gasteiger partial charge in [-0.1, -0.05) is 24.3 Å². The number of hydrogen-bond acceptors (Lipinski definition) is 0. The summed E-state index contributed by atoms with van der Waals surface area (Å²) in [5.41, 5.74) is 0. The Hall–Kier alpha value is -2.09. The Balaban J connectivity index is 0.000000434. The van der Waals surface area contributed by atoms with Gasteiger partial charge in [0, 0.05) is 0 Å². The van der Waals surface area contributed by atoms with Crippen LogP contribution in [0.5, 0.6) is 0 Å². The van der Waals surface area contributed by atoms with E-state index in [9.17, 15) is 43.9 Å². The Labute approximate surface area is 185 Å². The van der Waals surface area contributed by atoms with Gasteiger partial charge in [-0.25, -0.2) is 26.3 Å². The first-order valence-corrected chi connectivity index (χ1v) is 8.19. The molecule has 1 aliphatic carbocycles. The summed E-state index contributed by atoms with van der Waals surface area (Å²) in [6.07, 6.45) is 14.0. The number of hydrogen-bond donors (Lipinski definition) is 0. The van der Waals surface area contributed by atoms with Crippen LogP contribution in [-0.2, 0) is 21.1 Å². The maximum absolute atomic E-state index is 12.0. The molecule has 3 rings (SSSR count). The van der Waals surface area contributed by atoms with Crippen LogP contribution >= 0.6 is 0 Å². The Morgan fingerprint density at radius 1 is 0.387 bits per heavy atom. The summed E-state index contributed by atoms with van der Waals surface area (Å²) in [5.74, 6) is -20.1. The van der Waals surface area contributed by atoms with Gasteiger partial charge in [-0.15, -0.1) is 12.1 Å². The number of benzene rings is 2. The average Bonchev–Trinajstić information content (AvgIpc) is 2.68. The first-order valence-electron chi connectivity index (χ1n) is 8.19. The maximum atomic E-state index is 12.0. The summed E-state index contributed by atoms with van der Waals surface area (Å²) in [6, 6.07) is 2.05.